The summed E-state index contributed by atoms with van der Waals surface area (Å²) >= 11 is 9.36. The predicted molar refractivity (Wildman–Crippen MR) is 85.3 cm³/mol. The number of nitrogens with zero attached hydrogens (tertiary/aromatic N) is 3. The van der Waals surface area contributed by atoms with Crippen LogP contribution in [0.4, 0.5) is 0 Å². The minimum absolute atomic E-state index is 0.360. The monoisotopic (exact) mass is 319 g/mol. The molecule has 0 N–H and O–H groups in total. The van der Waals surface area contributed by atoms with Crippen molar-refractivity contribution in [3.8, 4) is 6.07 Å². The second-order valence-corrected chi connectivity index (χ2v) is 7.12. The number of hydrogen-bond donors (Lipinski definition) is 0. The number of thioether (sulfide) groups is 2. The van der Waals surface area contributed by atoms with Gasteiger partial charge in [0.2, 0.25) is 0 Å². The number of rotatable bonds is 2. The van der Waals surface area contributed by atoms with Crippen molar-refractivity contribution < 1.29 is 0 Å². The minimum atomic E-state index is 0.360. The van der Waals surface area contributed by atoms with E-state index in [2.05, 4.69) is 11.1 Å². The summed E-state index contributed by atoms with van der Waals surface area (Å²) in [5.74, 6) is 0.960. The first kappa shape index (κ1) is 13.6. The highest BCUT2D eigenvalue weighted by atomic mass is 35.5. The van der Waals surface area contributed by atoms with Crippen molar-refractivity contribution >= 4 is 40.8 Å². The molecule has 1 fully saturated rings. The molecule has 1 saturated heterocycles. The molecule has 0 amide bonds. The molecule has 3 rings (SSSR count). The Balaban J connectivity index is 1.86. The van der Waals surface area contributed by atoms with E-state index in [1.54, 1.807) is 46.8 Å². The maximum atomic E-state index is 9.35. The van der Waals surface area contributed by atoms with E-state index >= 15 is 0 Å². The Labute approximate surface area is 130 Å². The van der Waals surface area contributed by atoms with Crippen LogP contribution in [0.1, 0.15) is 10.8 Å². The molecule has 0 bridgehead atoms. The van der Waals surface area contributed by atoms with E-state index in [0.29, 0.717) is 10.9 Å². The Hall–Kier alpha value is -1.35. The molecule has 0 spiro atoms. The van der Waals surface area contributed by atoms with E-state index in [1.807, 2.05) is 24.3 Å². The van der Waals surface area contributed by atoms with Crippen LogP contribution in [0.2, 0.25) is 5.02 Å². The first-order valence-corrected chi connectivity index (χ1v) is 8.20. The predicted octanol–water partition coefficient (Wildman–Crippen LogP) is 4.41. The first-order valence-electron chi connectivity index (χ1n) is 5.95. The zero-order valence-corrected chi connectivity index (χ0v) is 12.8. The van der Waals surface area contributed by atoms with Gasteiger partial charge in [0.05, 0.1) is 10.6 Å². The molecular formula is C14H10ClN3S2. The fraction of sp³-hybridized carbons (Fsp3) is 0.143. The van der Waals surface area contributed by atoms with Gasteiger partial charge in [-0.3, -0.25) is 4.57 Å². The number of halogens is 1. The van der Waals surface area contributed by atoms with Crippen LogP contribution < -0.4 is 0 Å². The highest BCUT2D eigenvalue weighted by Crippen LogP contribution is 2.52. The Morgan fingerprint density at radius 2 is 2.20 bits per heavy atom. The van der Waals surface area contributed by atoms with Gasteiger partial charge in [0.25, 0.3) is 0 Å². The summed E-state index contributed by atoms with van der Waals surface area (Å²) in [5, 5.41) is 10.5. The van der Waals surface area contributed by atoms with Crippen LogP contribution in [0, 0.1) is 11.3 Å². The number of allylic oxidation sites excluding steroid dienone is 1. The van der Waals surface area contributed by atoms with E-state index in [-0.39, 0.29) is 0 Å². The lowest BCUT2D eigenvalue weighted by atomic mass is 10.2. The van der Waals surface area contributed by atoms with Gasteiger partial charge >= 0.3 is 0 Å². The third kappa shape index (κ3) is 2.73. The largest absolute Gasteiger partial charge is 0.296 e. The van der Waals surface area contributed by atoms with Crippen molar-refractivity contribution in [1.82, 2.24) is 9.55 Å². The van der Waals surface area contributed by atoms with Crippen molar-refractivity contribution in [3.63, 3.8) is 0 Å². The van der Waals surface area contributed by atoms with Crippen molar-refractivity contribution in [1.29, 1.82) is 5.26 Å². The molecule has 100 valence electrons. The molecular weight excluding hydrogens is 310 g/mol. The Morgan fingerprint density at radius 1 is 1.40 bits per heavy atom. The Kier molecular flexibility index (Phi) is 4.06. The highest BCUT2D eigenvalue weighted by molar-refractivity contribution is 8.25. The normalized spacial score (nSPS) is 20.7. The van der Waals surface area contributed by atoms with Gasteiger partial charge < -0.3 is 0 Å². The standard InChI is InChI=1S/C14H10ClN3S2/c15-11-3-1-10(2-4-11)13-8-19-14(20-13)12(7-16)18-6-5-17-9-18/h1-6,9,13H,8H2/b14-12+/t13-/m1/s1. The average molecular weight is 320 g/mol. The third-order valence-corrected chi connectivity index (χ3v) is 6.11. The van der Waals surface area contributed by atoms with Gasteiger partial charge in [-0.2, -0.15) is 5.26 Å². The lowest BCUT2D eigenvalue weighted by molar-refractivity contribution is 1.10. The van der Waals surface area contributed by atoms with Gasteiger partial charge in [0.15, 0.2) is 0 Å². The fourth-order valence-corrected chi connectivity index (χ4v) is 4.94. The maximum Gasteiger partial charge on any atom is 0.145 e. The van der Waals surface area contributed by atoms with Gasteiger partial charge in [-0.25, -0.2) is 4.98 Å². The third-order valence-electron chi connectivity index (χ3n) is 2.92. The number of nitriles is 1. The molecule has 1 aromatic heterocycles. The van der Waals surface area contributed by atoms with Gasteiger partial charge in [0.1, 0.15) is 11.8 Å². The second kappa shape index (κ2) is 5.96. The smallest absolute Gasteiger partial charge is 0.145 e. The quantitative estimate of drug-likeness (QED) is 0.769. The van der Waals surface area contributed by atoms with Gasteiger partial charge in [-0.1, -0.05) is 23.7 Å². The fourth-order valence-electron chi connectivity index (χ4n) is 1.91. The maximum absolute atomic E-state index is 9.35. The van der Waals surface area contributed by atoms with E-state index in [9.17, 15) is 5.26 Å². The van der Waals surface area contributed by atoms with Crippen molar-refractivity contribution in [3.05, 3.63) is 57.8 Å². The molecule has 3 nitrogen and oxygen atoms in total. The summed E-state index contributed by atoms with van der Waals surface area (Å²) in [7, 11) is 0. The van der Waals surface area contributed by atoms with Crippen LogP contribution in [-0.4, -0.2) is 15.3 Å². The summed E-state index contributed by atoms with van der Waals surface area (Å²) < 4.78 is 2.81. The number of benzene rings is 1. The molecule has 0 radical (unpaired) electrons. The summed E-state index contributed by atoms with van der Waals surface area (Å²) in [6.07, 6.45) is 5.13. The number of imidazole rings is 1. The summed E-state index contributed by atoms with van der Waals surface area (Å²) in [4.78, 5) is 3.99. The molecule has 2 heterocycles. The molecule has 2 aromatic rings. The summed E-state index contributed by atoms with van der Waals surface area (Å²) in [6, 6.07) is 10.2. The van der Waals surface area contributed by atoms with E-state index in [1.165, 1.54) is 5.56 Å². The SMILES string of the molecule is N#C/C(=C1/SC[C@H](c2ccc(Cl)cc2)S1)n1ccnc1. The van der Waals surface area contributed by atoms with Crippen LogP contribution in [0.5, 0.6) is 0 Å². The molecule has 1 aliphatic rings. The minimum Gasteiger partial charge on any atom is -0.296 e. The summed E-state index contributed by atoms with van der Waals surface area (Å²) in [5.41, 5.74) is 1.89. The zero-order chi connectivity index (χ0) is 13.9. The van der Waals surface area contributed by atoms with E-state index in [0.717, 1.165) is 15.0 Å². The second-order valence-electron chi connectivity index (χ2n) is 4.19. The van der Waals surface area contributed by atoms with Crippen LogP contribution >= 0.6 is 35.1 Å². The first-order chi connectivity index (χ1) is 9.78. The molecule has 0 saturated carbocycles. The van der Waals surface area contributed by atoms with E-state index in [4.69, 9.17) is 11.6 Å². The Bertz CT molecular complexity index is 671. The van der Waals surface area contributed by atoms with Crippen LogP contribution in [-0.2, 0) is 0 Å². The number of aromatic nitrogens is 2. The zero-order valence-electron chi connectivity index (χ0n) is 10.4. The lowest BCUT2D eigenvalue weighted by Gasteiger charge is -2.08. The van der Waals surface area contributed by atoms with Crippen LogP contribution in [0.3, 0.4) is 0 Å². The highest BCUT2D eigenvalue weighted by Gasteiger charge is 2.26. The summed E-state index contributed by atoms with van der Waals surface area (Å²) in [6.45, 7) is 0. The number of hydrogen-bond acceptors (Lipinski definition) is 4. The molecule has 20 heavy (non-hydrogen) atoms. The van der Waals surface area contributed by atoms with Gasteiger partial charge in [0, 0.05) is 28.4 Å². The van der Waals surface area contributed by atoms with E-state index < -0.39 is 0 Å². The van der Waals surface area contributed by atoms with Crippen molar-refractivity contribution in [2.24, 2.45) is 0 Å². The average Bonchev–Trinajstić information content (AvgIpc) is 3.12. The van der Waals surface area contributed by atoms with Gasteiger partial charge in [-0.15, -0.1) is 23.5 Å². The topological polar surface area (TPSA) is 41.6 Å². The van der Waals surface area contributed by atoms with Crippen molar-refractivity contribution in [2.75, 3.05) is 5.75 Å². The van der Waals surface area contributed by atoms with Crippen LogP contribution in [0.15, 0.2) is 47.2 Å². The lowest BCUT2D eigenvalue weighted by Crippen LogP contribution is -1.92. The molecule has 6 heteroatoms. The molecule has 0 unspecified atom stereocenters. The van der Waals surface area contributed by atoms with Crippen LogP contribution in [0.25, 0.3) is 5.70 Å². The van der Waals surface area contributed by atoms with Gasteiger partial charge in [-0.05, 0) is 17.7 Å². The molecule has 1 aliphatic heterocycles. The molecule has 1 aromatic carbocycles. The van der Waals surface area contributed by atoms with Crippen molar-refractivity contribution in [2.45, 2.75) is 5.25 Å². The molecule has 1 atom stereocenters. The molecule has 0 aliphatic carbocycles. The Morgan fingerprint density at radius 3 is 2.85 bits per heavy atom.